The van der Waals surface area contributed by atoms with E-state index >= 15 is 0 Å². The summed E-state index contributed by atoms with van der Waals surface area (Å²) in [7, 11) is 0. The van der Waals surface area contributed by atoms with E-state index in [0.29, 0.717) is 50.1 Å². The fourth-order valence-electron chi connectivity index (χ4n) is 16.7. The summed E-state index contributed by atoms with van der Waals surface area (Å²) < 4.78 is 3.75. The monoisotopic (exact) mass is 1940 g/mol. The van der Waals surface area contributed by atoms with Gasteiger partial charge in [-0.1, -0.05) is 87.4 Å². The van der Waals surface area contributed by atoms with Gasteiger partial charge in [0, 0.05) is 86.6 Å². The molecule has 724 valence electrons. The third-order valence-electron chi connectivity index (χ3n) is 22.7. The molecule has 0 aliphatic carbocycles. The Bertz CT molecular complexity index is 8070. The maximum absolute atomic E-state index is 13.6. The summed E-state index contributed by atoms with van der Waals surface area (Å²) in [4.78, 5) is 224. The fourth-order valence-corrected chi connectivity index (χ4v) is 16.9. The first-order valence-electron chi connectivity index (χ1n) is 44.9. The number of halogens is 1. The average molecular weight is 1940 g/mol. The Morgan fingerprint density at radius 1 is 0.399 bits per heavy atom. The van der Waals surface area contributed by atoms with Crippen LogP contribution in [0.3, 0.4) is 0 Å². The number of aromatic amines is 5. The number of Topliss-reactive ketones (excluding diaryl/α,β-unsaturated/α-hetero) is 1. The van der Waals surface area contributed by atoms with E-state index < -0.39 is 92.0 Å². The van der Waals surface area contributed by atoms with Crippen LogP contribution in [0.15, 0.2) is 203 Å². The molecule has 0 saturated carbocycles. The van der Waals surface area contributed by atoms with Crippen LogP contribution in [0.5, 0.6) is 0 Å². The fraction of sp³-hybridized carbons (Fsp3) is 0.262. The van der Waals surface area contributed by atoms with Crippen molar-refractivity contribution in [3.8, 4) is 30.3 Å². The van der Waals surface area contributed by atoms with E-state index in [4.69, 9.17) is 23.4 Å². The van der Waals surface area contributed by atoms with E-state index in [2.05, 4.69) is 55.0 Å². The van der Waals surface area contributed by atoms with Crippen molar-refractivity contribution in [2.45, 2.75) is 174 Å². The molecule has 14 rings (SSSR count). The lowest BCUT2D eigenvalue weighted by Crippen LogP contribution is -2.63. The van der Waals surface area contributed by atoms with Gasteiger partial charge in [-0.15, -0.1) is 4.98 Å². The maximum Gasteiger partial charge on any atom is 0.329 e. The van der Waals surface area contributed by atoms with Gasteiger partial charge in [0.05, 0.1) is 89.4 Å². The third kappa shape index (κ3) is 26.1. The van der Waals surface area contributed by atoms with Gasteiger partial charge in [-0.2, -0.15) is 26.3 Å². The number of nitrogens with one attached hydrogen (secondary N) is 6. The number of nitrogens with zero attached hydrogens (tertiary/aromatic N) is 14. The van der Waals surface area contributed by atoms with E-state index in [0.717, 1.165) is 44.8 Å². The van der Waals surface area contributed by atoms with Gasteiger partial charge in [0.2, 0.25) is 29.0 Å². The van der Waals surface area contributed by atoms with Crippen LogP contribution < -0.4 is 50.3 Å². The molecule has 13 aromatic rings. The number of carbonyl (C=O) groups excluding carboxylic acids is 7. The quantitative estimate of drug-likeness (QED) is 0.0197. The lowest BCUT2D eigenvalue weighted by atomic mass is 9.81. The molecule has 3 amide bonds. The van der Waals surface area contributed by atoms with Gasteiger partial charge in [0.15, 0.2) is 5.78 Å². The Morgan fingerprint density at radius 3 is 1.10 bits per heavy atom. The number of benzene rings is 5. The highest BCUT2D eigenvalue weighted by molar-refractivity contribution is 6.29. The third-order valence-corrected chi connectivity index (χ3v) is 22.9. The van der Waals surface area contributed by atoms with Gasteiger partial charge in [0.25, 0.3) is 28.1 Å². The minimum atomic E-state index is -0.960. The molecule has 1 saturated heterocycles. The number of H-pyrrole nitrogens is 5. The minimum absolute atomic E-state index is 0.00109. The second kappa shape index (κ2) is 46.9. The molecule has 35 nitrogen and oxygen atoms in total. The van der Waals surface area contributed by atoms with Crippen molar-refractivity contribution < 1.29 is 33.6 Å². The summed E-state index contributed by atoms with van der Waals surface area (Å²) in [5.41, 5.74) is 6.76. The predicted octanol–water partition coefficient (Wildman–Crippen LogP) is 13.8. The number of amides is 3. The summed E-state index contributed by atoms with van der Waals surface area (Å²) in [6.45, 7) is 37.9. The number of aryl methyl sites for hydroxylation is 7. The molecule has 8 aromatic heterocycles. The predicted molar refractivity (Wildman–Crippen MR) is 532 cm³/mol. The standard InChI is InChI=1S/C24H24N4O3.C23H19N5O3.C22H19ClN4O3.C22H22N4O3.C16H15N3O3/c1-13(2)20-21(22(29)19-7-14(3)6-17(10-19)11-25)28(24(31)27-23(20)30)12-18-8-15(4)26-16(5)9-18;1-13(2)19-20(21(29)17-8-14(3)7-16(9-17)11-24)28(23(31)27-22(19)30)12-15-5-6-26-18(10-15)25-4;1-12(2)18-19(20(28)16-7-13(3)6-15(8-16)10-24)27(22(30)26-21(18)29)11-14-4-5-25-17(23)9-14;1-13(2)18-19(20(27)17-9-14(3)8-16(10-17)11-23)26(22(29)25-21(18)28)12-15-4-6-24-7-5-15;1-8(2)12-13(18-16(22)19-15(12)21)14(20)11-5-9(3)4-10(6-11)7-17/h6-10,13H,12H2,1-5H3,(H,27,30,31);5-10,13H,12H2,1-3H3,(H,27,30,31);4-9,12H,11H2,1-3H3,(H,26,29,30);4-10,13,18-19H,12H2,1-3H3,(H,25,28,29);4-6,8H,1-3H3,(H2,18,19,21,22). The highest BCUT2D eigenvalue weighted by Gasteiger charge is 2.47. The van der Waals surface area contributed by atoms with Crippen molar-refractivity contribution in [2.24, 2.45) is 11.8 Å². The number of ketones is 5. The Labute approximate surface area is 824 Å². The molecule has 0 radical (unpaired) electrons. The zero-order valence-corrected chi connectivity index (χ0v) is 82.0. The molecular weight excluding hydrogens is 1840 g/mol. The van der Waals surface area contributed by atoms with Crippen LogP contribution in [-0.2, 0) is 31.0 Å². The van der Waals surface area contributed by atoms with E-state index in [-0.39, 0.29) is 140 Å². The summed E-state index contributed by atoms with van der Waals surface area (Å²) >= 11 is 5.95. The second-order valence-electron chi connectivity index (χ2n) is 35.7. The van der Waals surface area contributed by atoms with Crippen molar-refractivity contribution in [1.82, 2.24) is 68.8 Å². The molecule has 9 heterocycles. The molecule has 1 aliphatic rings. The Morgan fingerprint density at radius 2 is 0.741 bits per heavy atom. The number of nitriles is 5. The first kappa shape index (κ1) is 107. The molecule has 0 spiro atoms. The smallest absolute Gasteiger partial charge is 0.329 e. The molecule has 0 bridgehead atoms. The van der Waals surface area contributed by atoms with E-state index in [1.807, 2.05) is 70.2 Å². The van der Waals surface area contributed by atoms with Crippen LogP contribution >= 0.6 is 11.6 Å². The van der Waals surface area contributed by atoms with Gasteiger partial charge in [-0.25, -0.2) is 29.0 Å². The number of hydrogen-bond acceptors (Lipinski definition) is 24. The summed E-state index contributed by atoms with van der Waals surface area (Å²) in [6, 6.07) is 46.0. The van der Waals surface area contributed by atoms with Crippen LogP contribution in [0.4, 0.5) is 10.6 Å². The summed E-state index contributed by atoms with van der Waals surface area (Å²) in [5, 5.41) is 48.7. The number of urea groups is 1. The Hall–Kier alpha value is -18.1. The molecule has 5 aromatic carbocycles. The van der Waals surface area contributed by atoms with Crippen LogP contribution in [0.2, 0.25) is 5.15 Å². The van der Waals surface area contributed by atoms with Gasteiger partial charge >= 0.3 is 28.8 Å². The highest BCUT2D eigenvalue weighted by atomic mass is 35.5. The number of carbonyl (C=O) groups is 7. The molecule has 36 heteroatoms. The van der Waals surface area contributed by atoms with Crippen molar-refractivity contribution in [3.05, 3.63) is 426 Å². The molecule has 1 aliphatic heterocycles. The first-order chi connectivity index (χ1) is 67.7. The van der Waals surface area contributed by atoms with Crippen LogP contribution in [-0.4, -0.2) is 110 Å². The molecule has 1 fully saturated rings. The normalized spacial score (nSPS) is 12.4. The average Bonchev–Trinajstić information content (AvgIpc) is 0.781. The zero-order chi connectivity index (χ0) is 105. The van der Waals surface area contributed by atoms with Crippen molar-refractivity contribution >= 4 is 58.3 Å². The Kier molecular flexibility index (Phi) is 35.1. The van der Waals surface area contributed by atoms with Gasteiger partial charge in [-0.05, 0) is 268 Å². The van der Waals surface area contributed by atoms with Crippen molar-refractivity contribution in [3.63, 3.8) is 0 Å². The number of hydrogen-bond donors (Lipinski definition) is 6. The van der Waals surface area contributed by atoms with Crippen LogP contribution in [0, 0.1) is 124 Å². The van der Waals surface area contributed by atoms with Crippen molar-refractivity contribution in [2.75, 3.05) is 0 Å². The van der Waals surface area contributed by atoms with Gasteiger partial charge in [0.1, 0.15) is 34.5 Å². The first-order valence-corrected chi connectivity index (χ1v) is 45.3. The lowest BCUT2D eigenvalue weighted by Gasteiger charge is -2.41. The highest BCUT2D eigenvalue weighted by Crippen LogP contribution is 2.32. The molecular formula is C107H99ClN20O15. The number of imide groups is 1. The SMILES string of the molecule is Cc1cc(C#N)cc(C(=O)C2C(C(C)C)C(=O)NC(=O)N2Cc2ccncc2)c1.Cc1cc(C#N)cc(C(=O)c2[nH]c(=O)[nH]c(=O)c2C(C)C)c1.Cc1cc(C#N)cc(C(=O)c2c(C(C)C)c(=O)[nH]c(=O)n2Cc2cc(C)nc(C)c2)c1.Cc1cc(C#N)cc(C(=O)c2c(C(C)C)c(=O)[nH]c(=O)n2Cc2ccnc(Cl)c2)c1.[C-]#[N+]c1cc(Cn2c(C(=O)c3cc(C)cc(C#N)c3)c(C(C)C)c(=O)[nH]c2=O)ccn1. The van der Waals surface area contributed by atoms with E-state index in [1.165, 1.54) is 67.4 Å². The lowest BCUT2D eigenvalue weighted by molar-refractivity contribution is -0.129. The second-order valence-corrected chi connectivity index (χ2v) is 36.1. The van der Waals surface area contributed by atoms with E-state index in [9.17, 15) is 93.0 Å². The molecule has 6 N–H and O–H groups in total. The number of pyridine rings is 4. The van der Waals surface area contributed by atoms with Gasteiger partial charge < -0.3 is 14.7 Å². The topological polar surface area (TPSA) is 540 Å². The maximum atomic E-state index is 13.6. The molecule has 2 unspecified atom stereocenters. The summed E-state index contributed by atoms with van der Waals surface area (Å²) in [6.07, 6.45) is 6.17. The van der Waals surface area contributed by atoms with E-state index in [1.54, 1.807) is 193 Å². The van der Waals surface area contributed by atoms with Crippen LogP contribution in [0.25, 0.3) is 4.85 Å². The summed E-state index contributed by atoms with van der Waals surface area (Å²) in [5.74, 6) is -4.67. The molecule has 143 heavy (non-hydrogen) atoms. The Balaban J connectivity index is 0.000000184. The number of rotatable bonds is 23. The zero-order valence-electron chi connectivity index (χ0n) is 81.2. The largest absolute Gasteiger partial charge is 0.361 e. The molecule has 2 atom stereocenters. The van der Waals surface area contributed by atoms with Crippen molar-refractivity contribution in [1.29, 1.82) is 26.3 Å². The van der Waals surface area contributed by atoms with Crippen LogP contribution in [0.1, 0.15) is 279 Å². The number of aromatic nitrogens is 12. The minimum Gasteiger partial charge on any atom is -0.361 e. The van der Waals surface area contributed by atoms with Gasteiger partial charge in [-0.3, -0.25) is 96.9 Å².